The second kappa shape index (κ2) is 7.53. The lowest BCUT2D eigenvalue weighted by Crippen LogP contribution is -2.40. The Bertz CT molecular complexity index is 934. The minimum absolute atomic E-state index is 0.122. The molecule has 0 bridgehead atoms. The number of amides is 1. The minimum atomic E-state index is -0.202. The normalized spacial score (nSPS) is 15.4. The Balaban J connectivity index is 1.32. The molecule has 6 nitrogen and oxygen atoms in total. The van der Waals surface area contributed by atoms with E-state index >= 15 is 0 Å². The van der Waals surface area contributed by atoms with Gasteiger partial charge >= 0.3 is 0 Å². The van der Waals surface area contributed by atoms with E-state index in [2.05, 4.69) is 14.9 Å². The molecule has 1 N–H and O–H groups in total. The van der Waals surface area contributed by atoms with Crippen LogP contribution in [0.4, 0.5) is 0 Å². The molecule has 0 aliphatic carbocycles. The molecule has 0 saturated carbocycles. The van der Waals surface area contributed by atoms with E-state index in [0.29, 0.717) is 24.5 Å². The van der Waals surface area contributed by atoms with Gasteiger partial charge in [0.1, 0.15) is 18.5 Å². The minimum Gasteiger partial charge on any atom is -0.486 e. The maximum Gasteiger partial charge on any atom is 0.251 e. The zero-order chi connectivity index (χ0) is 18.6. The van der Waals surface area contributed by atoms with E-state index in [1.807, 2.05) is 61.7 Å². The summed E-state index contributed by atoms with van der Waals surface area (Å²) in [5.74, 6) is 2.29. The number of carbonyl (C=O) groups is 1. The lowest BCUT2D eigenvalue weighted by Gasteiger charge is -2.26. The van der Waals surface area contributed by atoms with E-state index in [1.165, 1.54) is 0 Å². The molecule has 138 valence electrons. The number of aromatic nitrogens is 2. The summed E-state index contributed by atoms with van der Waals surface area (Å²) in [5.41, 5.74) is 1.74. The Morgan fingerprint density at radius 1 is 1.19 bits per heavy atom. The molecule has 27 heavy (non-hydrogen) atoms. The number of nitrogens with one attached hydrogen (secondary N) is 1. The van der Waals surface area contributed by atoms with Crippen molar-refractivity contribution in [2.24, 2.45) is 0 Å². The van der Waals surface area contributed by atoms with E-state index in [4.69, 9.17) is 9.47 Å². The lowest BCUT2D eigenvalue weighted by molar-refractivity contribution is 0.0789. The molecule has 1 aromatic heterocycles. The van der Waals surface area contributed by atoms with Crippen LogP contribution in [-0.4, -0.2) is 34.7 Å². The molecule has 2 heterocycles. The summed E-state index contributed by atoms with van der Waals surface area (Å²) in [6.45, 7) is 3.52. The second-order valence-electron chi connectivity index (χ2n) is 6.51. The van der Waals surface area contributed by atoms with Gasteiger partial charge in [-0.1, -0.05) is 24.3 Å². The number of aryl methyl sites for hydroxylation is 1. The van der Waals surface area contributed by atoms with Crippen LogP contribution in [0.2, 0.25) is 0 Å². The van der Waals surface area contributed by atoms with E-state index in [1.54, 1.807) is 6.20 Å². The lowest BCUT2D eigenvalue weighted by atomic mass is 10.1. The zero-order valence-electron chi connectivity index (χ0n) is 15.1. The molecule has 4 rings (SSSR count). The molecule has 1 atom stereocenters. The van der Waals surface area contributed by atoms with Gasteiger partial charge in [-0.25, -0.2) is 4.98 Å². The van der Waals surface area contributed by atoms with Gasteiger partial charge in [0, 0.05) is 24.5 Å². The summed E-state index contributed by atoms with van der Waals surface area (Å²) in [6.07, 6.45) is 3.53. The topological polar surface area (TPSA) is 65.4 Å². The third-order valence-corrected chi connectivity index (χ3v) is 4.55. The van der Waals surface area contributed by atoms with Gasteiger partial charge in [-0.15, -0.1) is 0 Å². The number of para-hydroxylation sites is 2. The van der Waals surface area contributed by atoms with Gasteiger partial charge in [-0.05, 0) is 36.8 Å². The van der Waals surface area contributed by atoms with Crippen molar-refractivity contribution in [3.8, 4) is 11.5 Å². The summed E-state index contributed by atoms with van der Waals surface area (Å²) < 4.78 is 13.6. The Kier molecular flexibility index (Phi) is 4.78. The van der Waals surface area contributed by atoms with Crippen LogP contribution in [0.1, 0.15) is 21.7 Å². The van der Waals surface area contributed by atoms with Crippen LogP contribution in [0.5, 0.6) is 11.5 Å². The maximum absolute atomic E-state index is 12.4. The largest absolute Gasteiger partial charge is 0.486 e. The number of ether oxygens (including phenoxy) is 2. The SMILES string of the molecule is Cc1nccn1Cc1ccc(C(=O)NC[C@@H]2COc3ccccc3O2)cc1. The summed E-state index contributed by atoms with van der Waals surface area (Å²) >= 11 is 0. The van der Waals surface area contributed by atoms with Gasteiger partial charge in [-0.2, -0.15) is 0 Å². The van der Waals surface area contributed by atoms with Crippen molar-refractivity contribution in [3.63, 3.8) is 0 Å². The van der Waals surface area contributed by atoms with Crippen LogP contribution in [0.25, 0.3) is 0 Å². The first-order valence-electron chi connectivity index (χ1n) is 8.92. The third-order valence-electron chi connectivity index (χ3n) is 4.55. The van der Waals surface area contributed by atoms with Crippen LogP contribution >= 0.6 is 0 Å². The molecule has 6 heteroatoms. The highest BCUT2D eigenvalue weighted by Crippen LogP contribution is 2.30. The Labute approximate surface area is 157 Å². The predicted molar refractivity (Wildman–Crippen MR) is 101 cm³/mol. The van der Waals surface area contributed by atoms with Crippen molar-refractivity contribution in [2.45, 2.75) is 19.6 Å². The van der Waals surface area contributed by atoms with Crippen LogP contribution in [0.15, 0.2) is 60.9 Å². The molecule has 0 unspecified atom stereocenters. The molecule has 2 aromatic carbocycles. The quantitative estimate of drug-likeness (QED) is 0.757. The Morgan fingerprint density at radius 2 is 1.96 bits per heavy atom. The Morgan fingerprint density at radius 3 is 2.70 bits per heavy atom. The molecule has 1 amide bonds. The molecule has 0 saturated heterocycles. The van der Waals surface area contributed by atoms with E-state index in [-0.39, 0.29) is 12.0 Å². The zero-order valence-corrected chi connectivity index (χ0v) is 15.1. The average molecular weight is 363 g/mol. The number of hydrogen-bond donors (Lipinski definition) is 1. The fourth-order valence-electron chi connectivity index (χ4n) is 3.00. The first kappa shape index (κ1) is 17.1. The monoisotopic (exact) mass is 363 g/mol. The van der Waals surface area contributed by atoms with E-state index in [9.17, 15) is 4.79 Å². The van der Waals surface area contributed by atoms with Gasteiger partial charge < -0.3 is 19.4 Å². The molecule has 0 spiro atoms. The highest BCUT2D eigenvalue weighted by molar-refractivity contribution is 5.94. The van der Waals surface area contributed by atoms with E-state index in [0.717, 1.165) is 23.7 Å². The molecule has 1 aliphatic rings. The number of nitrogens with zero attached hydrogens (tertiary/aromatic N) is 2. The highest BCUT2D eigenvalue weighted by Gasteiger charge is 2.21. The number of fused-ring (bicyclic) bond motifs is 1. The fraction of sp³-hybridized carbons (Fsp3) is 0.238. The highest BCUT2D eigenvalue weighted by atomic mass is 16.6. The second-order valence-corrected chi connectivity index (χ2v) is 6.51. The molecule has 3 aromatic rings. The van der Waals surface area contributed by atoms with Crippen molar-refractivity contribution in [1.29, 1.82) is 0 Å². The molecule has 1 aliphatic heterocycles. The van der Waals surface area contributed by atoms with E-state index < -0.39 is 0 Å². The average Bonchev–Trinajstić information content (AvgIpc) is 3.11. The van der Waals surface area contributed by atoms with Gasteiger partial charge in [0.2, 0.25) is 0 Å². The predicted octanol–water partition coefficient (Wildman–Crippen LogP) is 2.81. The first-order chi connectivity index (χ1) is 13.2. The van der Waals surface area contributed by atoms with Crippen LogP contribution in [-0.2, 0) is 6.54 Å². The maximum atomic E-state index is 12.4. The third kappa shape index (κ3) is 3.95. The number of carbonyl (C=O) groups excluding carboxylic acids is 1. The number of hydrogen-bond acceptors (Lipinski definition) is 4. The van der Waals surface area contributed by atoms with Crippen LogP contribution in [0.3, 0.4) is 0 Å². The van der Waals surface area contributed by atoms with Gasteiger partial charge in [0.25, 0.3) is 5.91 Å². The van der Waals surface area contributed by atoms with Gasteiger partial charge in [-0.3, -0.25) is 4.79 Å². The summed E-state index contributed by atoms with van der Waals surface area (Å²) in [7, 11) is 0. The smallest absolute Gasteiger partial charge is 0.251 e. The fourth-order valence-corrected chi connectivity index (χ4v) is 3.00. The molecule has 0 radical (unpaired) electrons. The van der Waals surface area contributed by atoms with Crippen molar-refractivity contribution in [1.82, 2.24) is 14.9 Å². The van der Waals surface area contributed by atoms with Crippen molar-refractivity contribution >= 4 is 5.91 Å². The van der Waals surface area contributed by atoms with Crippen molar-refractivity contribution in [3.05, 3.63) is 77.9 Å². The Hall–Kier alpha value is -3.28. The van der Waals surface area contributed by atoms with Crippen LogP contribution < -0.4 is 14.8 Å². The van der Waals surface area contributed by atoms with Gasteiger partial charge in [0.05, 0.1) is 6.54 Å². The standard InChI is InChI=1S/C21H21N3O3/c1-15-22-10-11-24(15)13-16-6-8-17(9-7-16)21(25)23-12-18-14-26-19-4-2-3-5-20(19)27-18/h2-11,18H,12-14H2,1H3,(H,23,25)/t18-/m1/s1. The van der Waals surface area contributed by atoms with Crippen molar-refractivity contribution < 1.29 is 14.3 Å². The molecular formula is C21H21N3O3. The summed E-state index contributed by atoms with van der Waals surface area (Å²) in [4.78, 5) is 16.6. The molecule has 0 fully saturated rings. The molecular weight excluding hydrogens is 342 g/mol. The van der Waals surface area contributed by atoms with Crippen LogP contribution in [0, 0.1) is 6.92 Å². The first-order valence-corrected chi connectivity index (χ1v) is 8.92. The summed E-state index contributed by atoms with van der Waals surface area (Å²) in [6, 6.07) is 15.1. The number of benzene rings is 2. The van der Waals surface area contributed by atoms with Gasteiger partial charge in [0.15, 0.2) is 11.5 Å². The van der Waals surface area contributed by atoms with Crippen molar-refractivity contribution in [2.75, 3.05) is 13.2 Å². The number of rotatable bonds is 5. The number of imidazole rings is 1. The summed E-state index contributed by atoms with van der Waals surface area (Å²) in [5, 5.41) is 2.91.